The van der Waals surface area contributed by atoms with E-state index in [1.807, 2.05) is 0 Å². The molecule has 1 saturated carbocycles. The van der Waals surface area contributed by atoms with Gasteiger partial charge in [0.25, 0.3) is 0 Å². The van der Waals surface area contributed by atoms with Crippen molar-refractivity contribution in [2.75, 3.05) is 0 Å². The molecule has 0 N–H and O–H groups in total. The minimum absolute atomic E-state index is 0.184. The minimum Gasteiger partial charge on any atom is -0.429 e. The average molecular weight is 460 g/mol. The highest BCUT2D eigenvalue weighted by molar-refractivity contribution is 5.34. The summed E-state index contributed by atoms with van der Waals surface area (Å²) in [7, 11) is 0. The van der Waals surface area contributed by atoms with Gasteiger partial charge in [0.1, 0.15) is 5.75 Å². The lowest BCUT2D eigenvalue weighted by atomic mass is 9.78. The van der Waals surface area contributed by atoms with E-state index in [1.54, 1.807) is 12.1 Å². The molecule has 0 aliphatic heterocycles. The summed E-state index contributed by atoms with van der Waals surface area (Å²) in [5, 5.41) is 0. The number of hydrogen-bond donors (Lipinski definition) is 0. The van der Waals surface area contributed by atoms with Crippen LogP contribution in [-0.2, 0) is 12.5 Å². The summed E-state index contributed by atoms with van der Waals surface area (Å²) in [5.74, 6) is -3.44. The van der Waals surface area contributed by atoms with Crippen molar-refractivity contribution in [1.29, 1.82) is 0 Å². The van der Waals surface area contributed by atoms with Crippen LogP contribution in [0.15, 0.2) is 36.4 Å². The third kappa shape index (κ3) is 6.33. The molecule has 176 valence electrons. The van der Waals surface area contributed by atoms with E-state index in [0.29, 0.717) is 5.92 Å². The van der Waals surface area contributed by atoms with Crippen molar-refractivity contribution >= 4 is 0 Å². The summed E-state index contributed by atoms with van der Waals surface area (Å²) in [4.78, 5) is 0. The summed E-state index contributed by atoms with van der Waals surface area (Å²) in [6, 6.07) is 6.54. The van der Waals surface area contributed by atoms with E-state index in [1.165, 1.54) is 44.2 Å². The molecule has 0 unspecified atom stereocenters. The number of aryl methyl sites for hydroxylation is 1. The van der Waals surface area contributed by atoms with Gasteiger partial charge in [0, 0.05) is 0 Å². The maximum absolute atomic E-state index is 14.4. The summed E-state index contributed by atoms with van der Waals surface area (Å²) >= 11 is 0. The smallest absolute Gasteiger partial charge is 0.426 e. The summed E-state index contributed by atoms with van der Waals surface area (Å²) in [5.41, 5.74) is -0.162. The van der Waals surface area contributed by atoms with Gasteiger partial charge in [0.05, 0.1) is 5.56 Å². The van der Waals surface area contributed by atoms with Crippen LogP contribution in [0.5, 0.6) is 11.5 Å². The molecule has 2 nitrogen and oxygen atoms in total. The first kappa shape index (κ1) is 24.3. The monoisotopic (exact) mass is 460 g/mol. The molecule has 0 heterocycles. The molecule has 0 radical (unpaired) electrons. The van der Waals surface area contributed by atoms with Crippen molar-refractivity contribution in [3.8, 4) is 11.5 Å². The highest BCUT2D eigenvalue weighted by atomic mass is 19.3. The van der Waals surface area contributed by atoms with Crippen molar-refractivity contribution in [2.24, 2.45) is 11.8 Å². The van der Waals surface area contributed by atoms with Crippen LogP contribution in [0.25, 0.3) is 0 Å². The fraction of sp³-hybridized carbons (Fsp3) is 0.500. The Morgan fingerprint density at radius 1 is 0.938 bits per heavy atom. The molecule has 0 bridgehead atoms. The topological polar surface area (TPSA) is 18.5 Å². The Hall–Kier alpha value is -2.38. The Bertz CT molecular complexity index is 854. The maximum atomic E-state index is 14.4. The van der Waals surface area contributed by atoms with Crippen LogP contribution < -0.4 is 9.47 Å². The molecule has 0 aromatic heterocycles. The molecule has 0 spiro atoms. The molecular formula is C24H26F6O2. The van der Waals surface area contributed by atoms with Gasteiger partial charge >= 0.3 is 12.7 Å². The summed E-state index contributed by atoms with van der Waals surface area (Å²) in [6.07, 6.45) is 3.99. The third-order valence-electron chi connectivity index (χ3n) is 6.10. The van der Waals surface area contributed by atoms with Gasteiger partial charge in [-0.25, -0.2) is 8.78 Å². The predicted molar refractivity (Wildman–Crippen MR) is 108 cm³/mol. The standard InChI is InChI=1S/C24H26F6O2/c1-2-15-3-5-16(6-4-15)7-8-17-9-11-19(12-10-17)32-24(29,30)18-13-20(25)22(21(26)14-18)31-23(27)28/h9-16,23H,2-8H2,1H3. The molecular weight excluding hydrogens is 434 g/mol. The average Bonchev–Trinajstić information content (AvgIpc) is 2.75. The van der Waals surface area contributed by atoms with E-state index in [9.17, 15) is 26.3 Å². The van der Waals surface area contributed by atoms with Gasteiger partial charge in [-0.3, -0.25) is 0 Å². The van der Waals surface area contributed by atoms with Crippen LogP contribution in [-0.4, -0.2) is 6.61 Å². The zero-order valence-corrected chi connectivity index (χ0v) is 17.7. The van der Waals surface area contributed by atoms with Crippen LogP contribution in [0, 0.1) is 23.5 Å². The fourth-order valence-electron chi connectivity index (χ4n) is 4.16. The zero-order valence-electron chi connectivity index (χ0n) is 17.7. The van der Waals surface area contributed by atoms with Crippen LogP contribution in [0.2, 0.25) is 0 Å². The Kier molecular flexibility index (Phi) is 7.96. The number of halogens is 6. The van der Waals surface area contributed by atoms with E-state index >= 15 is 0 Å². The lowest BCUT2D eigenvalue weighted by Crippen LogP contribution is -2.22. The van der Waals surface area contributed by atoms with Crippen LogP contribution >= 0.6 is 0 Å². The fourth-order valence-corrected chi connectivity index (χ4v) is 4.16. The van der Waals surface area contributed by atoms with Crippen molar-refractivity contribution < 1.29 is 35.8 Å². The lowest BCUT2D eigenvalue weighted by Gasteiger charge is -2.27. The SMILES string of the molecule is CCC1CCC(CCc2ccc(OC(F)(F)c3cc(F)c(OC(F)F)c(F)c3)cc2)CC1. The van der Waals surface area contributed by atoms with E-state index in [0.717, 1.165) is 24.3 Å². The molecule has 2 aromatic carbocycles. The second-order valence-electron chi connectivity index (χ2n) is 8.24. The van der Waals surface area contributed by atoms with Gasteiger partial charge < -0.3 is 9.47 Å². The zero-order chi connectivity index (χ0) is 23.3. The summed E-state index contributed by atoms with van der Waals surface area (Å²) < 4.78 is 89.1. The second kappa shape index (κ2) is 10.5. The van der Waals surface area contributed by atoms with Crippen molar-refractivity contribution in [3.05, 3.63) is 59.2 Å². The molecule has 8 heteroatoms. The number of hydrogen-bond acceptors (Lipinski definition) is 2. The van der Waals surface area contributed by atoms with Gasteiger partial charge in [-0.1, -0.05) is 51.2 Å². The van der Waals surface area contributed by atoms with Gasteiger partial charge in [-0.2, -0.15) is 17.6 Å². The third-order valence-corrected chi connectivity index (χ3v) is 6.10. The first-order valence-electron chi connectivity index (χ1n) is 10.8. The molecule has 0 amide bonds. The quantitative estimate of drug-likeness (QED) is 0.355. The largest absolute Gasteiger partial charge is 0.429 e. The number of alkyl halides is 4. The highest BCUT2D eigenvalue weighted by Crippen LogP contribution is 2.36. The normalized spacial score (nSPS) is 19.2. The van der Waals surface area contributed by atoms with Crippen LogP contribution in [0.3, 0.4) is 0 Å². The van der Waals surface area contributed by atoms with E-state index in [2.05, 4.69) is 16.4 Å². The number of ether oxygens (including phenoxy) is 2. The number of rotatable bonds is 9. The second-order valence-corrected chi connectivity index (χ2v) is 8.24. The van der Waals surface area contributed by atoms with Gasteiger partial charge in [0.2, 0.25) is 0 Å². The maximum Gasteiger partial charge on any atom is 0.426 e. The lowest BCUT2D eigenvalue weighted by molar-refractivity contribution is -0.185. The minimum atomic E-state index is -4.08. The highest BCUT2D eigenvalue weighted by Gasteiger charge is 2.37. The van der Waals surface area contributed by atoms with E-state index < -0.39 is 35.7 Å². The van der Waals surface area contributed by atoms with E-state index in [-0.39, 0.29) is 17.9 Å². The van der Waals surface area contributed by atoms with Crippen molar-refractivity contribution in [3.63, 3.8) is 0 Å². The van der Waals surface area contributed by atoms with Gasteiger partial charge in [-0.05, 0) is 54.5 Å². The predicted octanol–water partition coefficient (Wildman–Crippen LogP) is 7.84. The first-order chi connectivity index (χ1) is 15.2. The van der Waals surface area contributed by atoms with Crippen LogP contribution in [0.4, 0.5) is 26.3 Å². The molecule has 0 atom stereocenters. The van der Waals surface area contributed by atoms with E-state index in [4.69, 9.17) is 0 Å². The molecule has 32 heavy (non-hydrogen) atoms. The molecule has 1 fully saturated rings. The molecule has 3 rings (SSSR count). The molecule has 1 aliphatic carbocycles. The summed E-state index contributed by atoms with van der Waals surface area (Å²) in [6.45, 7) is -1.27. The Morgan fingerprint density at radius 3 is 2.03 bits per heavy atom. The number of benzene rings is 2. The Labute approximate surface area is 183 Å². The van der Waals surface area contributed by atoms with Crippen molar-refractivity contribution in [1.82, 2.24) is 0 Å². The van der Waals surface area contributed by atoms with Gasteiger partial charge in [0.15, 0.2) is 17.4 Å². The first-order valence-corrected chi connectivity index (χ1v) is 10.8. The Morgan fingerprint density at radius 2 is 1.50 bits per heavy atom. The van der Waals surface area contributed by atoms with Crippen LogP contribution in [0.1, 0.15) is 56.6 Å². The molecule has 1 aliphatic rings. The van der Waals surface area contributed by atoms with Crippen molar-refractivity contribution in [2.45, 2.75) is 64.6 Å². The molecule has 0 saturated heterocycles. The Balaban J connectivity index is 1.59. The molecule has 2 aromatic rings. The van der Waals surface area contributed by atoms with Gasteiger partial charge in [-0.15, -0.1) is 0 Å².